The smallest absolute Gasteiger partial charge is 0.305 e. The van der Waals surface area contributed by atoms with Crippen molar-refractivity contribution >= 4 is 11.9 Å². The Morgan fingerprint density at radius 1 is 1.24 bits per heavy atom. The molecule has 0 spiro atoms. The number of carboxylic acid groups (broad SMARTS) is 1. The summed E-state index contributed by atoms with van der Waals surface area (Å²) < 4.78 is 10.4. The van der Waals surface area contributed by atoms with Crippen LogP contribution in [0.5, 0.6) is 11.5 Å². The number of nitrogens with one attached hydrogen (secondary N) is 1. The molecule has 0 bridgehead atoms. The van der Waals surface area contributed by atoms with Gasteiger partial charge in [-0.3, -0.25) is 9.59 Å². The Labute approximate surface area is 124 Å². The van der Waals surface area contributed by atoms with E-state index in [0.29, 0.717) is 17.1 Å². The van der Waals surface area contributed by atoms with Crippen molar-refractivity contribution in [3.63, 3.8) is 0 Å². The lowest BCUT2D eigenvalue weighted by molar-refractivity contribution is -0.137. The second-order valence-corrected chi connectivity index (χ2v) is 4.96. The van der Waals surface area contributed by atoms with E-state index in [4.69, 9.17) is 14.6 Å². The number of para-hydroxylation sites is 1. The average Bonchev–Trinajstić information content (AvgIpc) is 2.44. The zero-order valence-corrected chi connectivity index (χ0v) is 12.7. The molecule has 0 heterocycles. The van der Waals surface area contributed by atoms with Gasteiger partial charge in [0.25, 0.3) is 5.91 Å². The summed E-state index contributed by atoms with van der Waals surface area (Å²) >= 11 is 0. The van der Waals surface area contributed by atoms with Crippen LogP contribution >= 0.6 is 0 Å². The minimum Gasteiger partial charge on any atom is -0.493 e. The maximum Gasteiger partial charge on any atom is 0.305 e. The van der Waals surface area contributed by atoms with Gasteiger partial charge in [0.05, 0.1) is 26.2 Å². The number of benzene rings is 1. The first kappa shape index (κ1) is 16.8. The molecule has 1 unspecified atom stereocenters. The van der Waals surface area contributed by atoms with Gasteiger partial charge in [-0.1, -0.05) is 19.9 Å². The SMILES string of the molecule is COc1cccc(C(=O)NC(CC(=O)O)C(C)C)c1OC. The molecular formula is C15H21NO5. The number of carbonyl (C=O) groups is 2. The van der Waals surface area contributed by atoms with Crippen LogP contribution in [0.4, 0.5) is 0 Å². The third-order valence-electron chi connectivity index (χ3n) is 3.16. The molecule has 6 nitrogen and oxygen atoms in total. The maximum absolute atomic E-state index is 12.3. The summed E-state index contributed by atoms with van der Waals surface area (Å²) in [4.78, 5) is 23.2. The van der Waals surface area contributed by atoms with Crippen molar-refractivity contribution in [2.75, 3.05) is 14.2 Å². The molecule has 1 aromatic carbocycles. The molecule has 0 aliphatic rings. The van der Waals surface area contributed by atoms with Gasteiger partial charge < -0.3 is 19.9 Å². The molecule has 0 aliphatic heterocycles. The van der Waals surface area contributed by atoms with Gasteiger partial charge in [0.2, 0.25) is 0 Å². The number of aliphatic carboxylic acids is 1. The molecule has 2 N–H and O–H groups in total. The number of ether oxygens (including phenoxy) is 2. The zero-order chi connectivity index (χ0) is 16.0. The van der Waals surface area contributed by atoms with Crippen LogP contribution in [-0.2, 0) is 4.79 Å². The third-order valence-corrected chi connectivity index (χ3v) is 3.16. The van der Waals surface area contributed by atoms with E-state index in [1.807, 2.05) is 13.8 Å². The Morgan fingerprint density at radius 3 is 2.38 bits per heavy atom. The van der Waals surface area contributed by atoms with Crippen molar-refractivity contribution in [1.82, 2.24) is 5.32 Å². The second-order valence-electron chi connectivity index (χ2n) is 4.96. The number of rotatable bonds is 7. The van der Waals surface area contributed by atoms with Gasteiger partial charge in [0.1, 0.15) is 0 Å². The third kappa shape index (κ3) is 4.37. The Kier molecular flexibility index (Phi) is 6.02. The first-order chi connectivity index (χ1) is 9.90. The highest BCUT2D eigenvalue weighted by Gasteiger charge is 2.23. The molecule has 6 heteroatoms. The van der Waals surface area contributed by atoms with E-state index in [2.05, 4.69) is 5.32 Å². The monoisotopic (exact) mass is 295 g/mol. The molecule has 0 aliphatic carbocycles. The van der Waals surface area contributed by atoms with Crippen molar-refractivity contribution in [3.05, 3.63) is 23.8 Å². The highest BCUT2D eigenvalue weighted by atomic mass is 16.5. The van der Waals surface area contributed by atoms with Crippen LogP contribution in [0.15, 0.2) is 18.2 Å². The minimum absolute atomic E-state index is 0.00153. The van der Waals surface area contributed by atoms with Gasteiger partial charge in [-0.25, -0.2) is 0 Å². The van der Waals surface area contributed by atoms with Crippen LogP contribution in [0.25, 0.3) is 0 Å². The van der Waals surface area contributed by atoms with Crippen LogP contribution in [0, 0.1) is 5.92 Å². The predicted octanol–water partition coefficient (Wildman–Crippen LogP) is 1.93. The summed E-state index contributed by atoms with van der Waals surface area (Å²) in [7, 11) is 2.94. The normalized spacial score (nSPS) is 11.9. The number of carbonyl (C=O) groups excluding carboxylic acids is 1. The Hall–Kier alpha value is -2.24. The summed E-state index contributed by atoms with van der Waals surface area (Å²) in [5.41, 5.74) is 0.313. The van der Waals surface area contributed by atoms with Crippen LogP contribution < -0.4 is 14.8 Å². The van der Waals surface area contributed by atoms with Crippen LogP contribution in [0.1, 0.15) is 30.6 Å². The van der Waals surface area contributed by atoms with Crippen molar-refractivity contribution < 1.29 is 24.2 Å². The van der Waals surface area contributed by atoms with Gasteiger partial charge in [0.15, 0.2) is 11.5 Å². The number of carboxylic acids is 1. The molecule has 0 radical (unpaired) electrons. The molecule has 21 heavy (non-hydrogen) atoms. The predicted molar refractivity (Wildman–Crippen MR) is 77.9 cm³/mol. The Bertz CT molecular complexity index is 513. The quantitative estimate of drug-likeness (QED) is 0.803. The van der Waals surface area contributed by atoms with Crippen molar-refractivity contribution in [2.45, 2.75) is 26.3 Å². The topological polar surface area (TPSA) is 84.9 Å². The van der Waals surface area contributed by atoms with Crippen molar-refractivity contribution in [3.8, 4) is 11.5 Å². The van der Waals surface area contributed by atoms with Crippen molar-refractivity contribution in [2.24, 2.45) is 5.92 Å². The molecule has 1 atom stereocenters. The average molecular weight is 295 g/mol. The van der Waals surface area contributed by atoms with E-state index in [0.717, 1.165) is 0 Å². The van der Waals surface area contributed by atoms with Gasteiger partial charge in [-0.05, 0) is 18.1 Å². The van der Waals surface area contributed by atoms with Crippen LogP contribution in [-0.4, -0.2) is 37.2 Å². The summed E-state index contributed by atoms with van der Waals surface area (Å²) in [5.74, 6) is -0.557. The molecule has 1 aromatic rings. The summed E-state index contributed by atoms with van der Waals surface area (Å²) in [6.45, 7) is 3.72. The molecule has 0 saturated carbocycles. The van der Waals surface area contributed by atoms with E-state index in [1.165, 1.54) is 14.2 Å². The van der Waals surface area contributed by atoms with Crippen molar-refractivity contribution in [1.29, 1.82) is 0 Å². The summed E-state index contributed by atoms with van der Waals surface area (Å²) in [6, 6.07) is 4.52. The standard InChI is InChI=1S/C15H21NO5/c1-9(2)11(8-13(17)18)16-15(19)10-6-5-7-12(20-3)14(10)21-4/h5-7,9,11H,8H2,1-4H3,(H,16,19)(H,17,18). The fraction of sp³-hybridized carbons (Fsp3) is 0.467. The molecule has 116 valence electrons. The van der Waals surface area contributed by atoms with E-state index < -0.39 is 12.0 Å². The summed E-state index contributed by atoms with van der Waals surface area (Å²) in [5, 5.41) is 11.6. The first-order valence-electron chi connectivity index (χ1n) is 6.64. The van der Waals surface area contributed by atoms with E-state index in [1.54, 1.807) is 18.2 Å². The molecule has 1 rings (SSSR count). The number of amides is 1. The second kappa shape index (κ2) is 7.52. The van der Waals surface area contributed by atoms with Gasteiger partial charge in [0, 0.05) is 6.04 Å². The number of methoxy groups -OCH3 is 2. The highest BCUT2D eigenvalue weighted by molar-refractivity contribution is 5.98. The van der Waals surface area contributed by atoms with Crippen LogP contribution in [0.2, 0.25) is 0 Å². The molecule has 0 fully saturated rings. The van der Waals surface area contributed by atoms with E-state index in [9.17, 15) is 9.59 Å². The molecule has 0 aromatic heterocycles. The first-order valence-corrected chi connectivity index (χ1v) is 6.64. The summed E-state index contributed by atoms with van der Waals surface area (Å²) in [6.07, 6.45) is -0.129. The molecule has 0 saturated heterocycles. The fourth-order valence-electron chi connectivity index (χ4n) is 1.95. The Balaban J connectivity index is 3.00. The lowest BCUT2D eigenvalue weighted by Crippen LogP contribution is -2.40. The fourth-order valence-corrected chi connectivity index (χ4v) is 1.95. The van der Waals surface area contributed by atoms with Gasteiger partial charge in [-0.2, -0.15) is 0 Å². The minimum atomic E-state index is -0.952. The lowest BCUT2D eigenvalue weighted by Gasteiger charge is -2.21. The van der Waals surface area contributed by atoms with E-state index in [-0.39, 0.29) is 18.2 Å². The Morgan fingerprint density at radius 2 is 1.90 bits per heavy atom. The van der Waals surface area contributed by atoms with Crippen LogP contribution in [0.3, 0.4) is 0 Å². The largest absolute Gasteiger partial charge is 0.493 e. The highest BCUT2D eigenvalue weighted by Crippen LogP contribution is 2.30. The van der Waals surface area contributed by atoms with Gasteiger partial charge >= 0.3 is 5.97 Å². The molecule has 1 amide bonds. The number of hydrogen-bond donors (Lipinski definition) is 2. The van der Waals surface area contributed by atoms with Gasteiger partial charge in [-0.15, -0.1) is 0 Å². The maximum atomic E-state index is 12.3. The molecular weight excluding hydrogens is 274 g/mol. The number of hydrogen-bond acceptors (Lipinski definition) is 4. The van der Waals surface area contributed by atoms with E-state index >= 15 is 0 Å². The zero-order valence-electron chi connectivity index (χ0n) is 12.7. The lowest BCUT2D eigenvalue weighted by atomic mass is 10.0.